The van der Waals surface area contributed by atoms with Gasteiger partial charge in [0, 0.05) is 19.8 Å². The third kappa shape index (κ3) is 2.76. The Morgan fingerprint density at radius 1 is 1.60 bits per heavy atom. The number of aromatic nitrogens is 3. The summed E-state index contributed by atoms with van der Waals surface area (Å²) in [5.74, 6) is 1.39. The van der Waals surface area contributed by atoms with Gasteiger partial charge in [-0.05, 0) is 25.7 Å². The zero-order valence-electron chi connectivity index (χ0n) is 9.09. The van der Waals surface area contributed by atoms with Crippen LogP contribution in [0.5, 0.6) is 0 Å². The molecule has 84 valence electrons. The molecular weight excluding hydrogens is 192 g/mol. The van der Waals surface area contributed by atoms with E-state index >= 15 is 0 Å². The summed E-state index contributed by atoms with van der Waals surface area (Å²) in [6.45, 7) is 4.58. The Balaban J connectivity index is 1.91. The summed E-state index contributed by atoms with van der Waals surface area (Å²) in [6.07, 6.45) is 4.01. The summed E-state index contributed by atoms with van der Waals surface area (Å²) >= 11 is 0. The topological polar surface area (TPSA) is 66.0 Å². The molecule has 2 N–H and O–H groups in total. The fourth-order valence-corrected chi connectivity index (χ4v) is 1.80. The molecule has 0 aromatic carbocycles. The lowest BCUT2D eigenvalue weighted by molar-refractivity contribution is 0.0601. The van der Waals surface area contributed by atoms with Gasteiger partial charge < -0.3 is 10.5 Å². The highest BCUT2D eigenvalue weighted by atomic mass is 16.5. The maximum atomic E-state index is 5.70. The number of nitrogens with zero attached hydrogens (tertiary/aromatic N) is 3. The van der Waals surface area contributed by atoms with Crippen LogP contribution in [-0.4, -0.2) is 28.0 Å². The van der Waals surface area contributed by atoms with Gasteiger partial charge in [0.1, 0.15) is 6.33 Å². The summed E-state index contributed by atoms with van der Waals surface area (Å²) in [6, 6.07) is -0.0825. The molecule has 1 aliphatic heterocycles. The van der Waals surface area contributed by atoms with Gasteiger partial charge in [-0.1, -0.05) is 0 Å². The molecule has 1 saturated heterocycles. The van der Waals surface area contributed by atoms with E-state index in [1.54, 1.807) is 6.33 Å². The van der Waals surface area contributed by atoms with E-state index in [0.29, 0.717) is 5.92 Å². The van der Waals surface area contributed by atoms with E-state index in [4.69, 9.17) is 10.5 Å². The second-order valence-corrected chi connectivity index (χ2v) is 4.17. The molecule has 0 amide bonds. The van der Waals surface area contributed by atoms with E-state index in [9.17, 15) is 0 Å². The van der Waals surface area contributed by atoms with Crippen LogP contribution in [0.15, 0.2) is 6.33 Å². The smallest absolute Gasteiger partial charge is 0.166 e. The molecule has 0 bridgehead atoms. The Labute approximate surface area is 89.6 Å². The van der Waals surface area contributed by atoms with Crippen LogP contribution < -0.4 is 5.73 Å². The van der Waals surface area contributed by atoms with Gasteiger partial charge in [0.15, 0.2) is 5.82 Å². The number of rotatable bonds is 3. The monoisotopic (exact) mass is 210 g/mol. The number of hydrogen-bond acceptors (Lipinski definition) is 4. The Hall–Kier alpha value is -0.940. The molecule has 2 rings (SSSR count). The summed E-state index contributed by atoms with van der Waals surface area (Å²) in [4.78, 5) is 4.18. The van der Waals surface area contributed by atoms with Gasteiger partial charge in [0.25, 0.3) is 0 Å². The second kappa shape index (κ2) is 4.72. The predicted molar refractivity (Wildman–Crippen MR) is 56.2 cm³/mol. The zero-order chi connectivity index (χ0) is 10.7. The maximum Gasteiger partial charge on any atom is 0.166 e. The maximum absolute atomic E-state index is 5.70. The van der Waals surface area contributed by atoms with Crippen molar-refractivity contribution < 1.29 is 4.74 Å². The van der Waals surface area contributed by atoms with E-state index in [2.05, 4.69) is 10.1 Å². The summed E-state index contributed by atoms with van der Waals surface area (Å²) in [5.41, 5.74) is 5.70. The molecule has 1 fully saturated rings. The lowest BCUT2D eigenvalue weighted by Gasteiger charge is -2.21. The van der Waals surface area contributed by atoms with Gasteiger partial charge >= 0.3 is 0 Å². The van der Waals surface area contributed by atoms with Crippen molar-refractivity contribution in [2.24, 2.45) is 11.7 Å². The quantitative estimate of drug-likeness (QED) is 0.798. The van der Waals surface area contributed by atoms with Crippen LogP contribution in [0.25, 0.3) is 0 Å². The highest BCUT2D eigenvalue weighted by molar-refractivity contribution is 4.87. The Bertz CT molecular complexity index is 304. The van der Waals surface area contributed by atoms with Crippen LogP contribution in [0.1, 0.15) is 31.6 Å². The van der Waals surface area contributed by atoms with Crippen LogP contribution in [0.2, 0.25) is 0 Å². The van der Waals surface area contributed by atoms with Crippen LogP contribution in [0.3, 0.4) is 0 Å². The number of hydrogen-bond donors (Lipinski definition) is 1. The normalized spacial score (nSPS) is 20.4. The second-order valence-electron chi connectivity index (χ2n) is 4.17. The van der Waals surface area contributed by atoms with E-state index in [-0.39, 0.29) is 6.04 Å². The predicted octanol–water partition coefficient (Wildman–Crippen LogP) is 0.724. The zero-order valence-corrected chi connectivity index (χ0v) is 9.09. The summed E-state index contributed by atoms with van der Waals surface area (Å²) in [5, 5.41) is 4.34. The third-order valence-corrected chi connectivity index (χ3v) is 2.75. The molecule has 1 aromatic rings. The van der Waals surface area contributed by atoms with Crippen molar-refractivity contribution in [3.05, 3.63) is 12.2 Å². The Kier molecular flexibility index (Phi) is 3.33. The van der Waals surface area contributed by atoms with Crippen molar-refractivity contribution in [3.63, 3.8) is 0 Å². The average Bonchev–Trinajstić information content (AvgIpc) is 2.68. The number of ether oxygens (including phenoxy) is 1. The molecule has 0 saturated carbocycles. The summed E-state index contributed by atoms with van der Waals surface area (Å²) < 4.78 is 7.21. The first-order valence-electron chi connectivity index (χ1n) is 5.48. The largest absolute Gasteiger partial charge is 0.381 e. The fourth-order valence-electron chi connectivity index (χ4n) is 1.80. The van der Waals surface area contributed by atoms with Gasteiger partial charge in [-0.3, -0.25) is 4.68 Å². The van der Waals surface area contributed by atoms with Crippen molar-refractivity contribution in [1.29, 1.82) is 0 Å². The molecule has 0 aliphatic carbocycles. The molecule has 5 heteroatoms. The van der Waals surface area contributed by atoms with E-state index in [1.165, 1.54) is 0 Å². The first kappa shape index (κ1) is 10.6. The van der Waals surface area contributed by atoms with Gasteiger partial charge in [-0.15, -0.1) is 0 Å². The van der Waals surface area contributed by atoms with E-state index in [0.717, 1.165) is 38.4 Å². The molecule has 0 radical (unpaired) electrons. The highest BCUT2D eigenvalue weighted by Gasteiger charge is 2.15. The molecule has 1 atom stereocenters. The summed E-state index contributed by atoms with van der Waals surface area (Å²) in [7, 11) is 0. The van der Waals surface area contributed by atoms with Crippen LogP contribution >= 0.6 is 0 Å². The minimum absolute atomic E-state index is 0.0825. The van der Waals surface area contributed by atoms with Crippen LogP contribution in [0, 0.1) is 5.92 Å². The Morgan fingerprint density at radius 3 is 2.93 bits per heavy atom. The molecule has 5 nitrogen and oxygen atoms in total. The molecule has 1 unspecified atom stereocenters. The number of nitrogens with two attached hydrogens (primary N) is 1. The van der Waals surface area contributed by atoms with Gasteiger partial charge in [-0.2, -0.15) is 5.10 Å². The SMILES string of the molecule is CC(N)c1ncn(CC2CCOCC2)n1. The molecular formula is C10H18N4O. The first-order valence-corrected chi connectivity index (χ1v) is 5.48. The lowest BCUT2D eigenvalue weighted by atomic mass is 10.0. The lowest BCUT2D eigenvalue weighted by Crippen LogP contribution is -2.20. The van der Waals surface area contributed by atoms with Crippen molar-refractivity contribution in [2.45, 2.75) is 32.4 Å². The van der Waals surface area contributed by atoms with E-state index < -0.39 is 0 Å². The van der Waals surface area contributed by atoms with Crippen molar-refractivity contribution in [2.75, 3.05) is 13.2 Å². The average molecular weight is 210 g/mol. The molecule has 1 aliphatic rings. The van der Waals surface area contributed by atoms with Gasteiger partial charge in [0.05, 0.1) is 6.04 Å². The van der Waals surface area contributed by atoms with Gasteiger partial charge in [0.2, 0.25) is 0 Å². The Morgan fingerprint density at radius 2 is 2.33 bits per heavy atom. The van der Waals surface area contributed by atoms with Crippen LogP contribution in [0.4, 0.5) is 0 Å². The first-order chi connectivity index (χ1) is 7.25. The third-order valence-electron chi connectivity index (χ3n) is 2.75. The van der Waals surface area contributed by atoms with E-state index in [1.807, 2.05) is 11.6 Å². The molecule has 1 aromatic heterocycles. The minimum Gasteiger partial charge on any atom is -0.381 e. The van der Waals surface area contributed by atoms with Crippen molar-refractivity contribution >= 4 is 0 Å². The van der Waals surface area contributed by atoms with Crippen molar-refractivity contribution in [3.8, 4) is 0 Å². The van der Waals surface area contributed by atoms with Crippen LogP contribution in [-0.2, 0) is 11.3 Å². The molecule has 2 heterocycles. The molecule has 15 heavy (non-hydrogen) atoms. The minimum atomic E-state index is -0.0825. The van der Waals surface area contributed by atoms with Crippen molar-refractivity contribution in [1.82, 2.24) is 14.8 Å². The highest BCUT2D eigenvalue weighted by Crippen LogP contribution is 2.16. The fraction of sp³-hybridized carbons (Fsp3) is 0.800. The van der Waals surface area contributed by atoms with Gasteiger partial charge in [-0.25, -0.2) is 4.98 Å². The molecule has 0 spiro atoms. The standard InChI is InChI=1S/C10H18N4O/c1-8(11)10-12-7-14(13-10)6-9-2-4-15-5-3-9/h7-9H,2-6,11H2,1H3.